The first-order valence-corrected chi connectivity index (χ1v) is 7.34. The zero-order chi connectivity index (χ0) is 14.9. The molecule has 1 spiro atoms. The minimum absolute atomic E-state index is 0.0289. The van der Waals surface area contributed by atoms with E-state index >= 15 is 0 Å². The van der Waals surface area contributed by atoms with Gasteiger partial charge >= 0.3 is 5.69 Å². The molecule has 2 heterocycles. The van der Waals surface area contributed by atoms with Crippen LogP contribution in [-0.4, -0.2) is 36.3 Å². The van der Waals surface area contributed by atoms with Crippen LogP contribution in [0.5, 0.6) is 5.75 Å². The lowest BCUT2D eigenvalue weighted by Gasteiger charge is -2.32. The van der Waals surface area contributed by atoms with E-state index in [2.05, 4.69) is 5.32 Å². The number of nitro benzene ring substituents is 1. The molecule has 0 saturated carbocycles. The molecule has 3 rings (SSSR count). The van der Waals surface area contributed by atoms with Gasteiger partial charge in [-0.3, -0.25) is 10.1 Å². The van der Waals surface area contributed by atoms with Gasteiger partial charge in [0.05, 0.1) is 17.1 Å². The Kier molecular flexibility index (Phi) is 3.82. The van der Waals surface area contributed by atoms with Gasteiger partial charge in [-0.25, -0.2) is 0 Å². The molecule has 0 radical (unpaired) electrons. The molecule has 1 atom stereocenters. The largest absolute Gasteiger partial charge is 0.481 e. The molecule has 1 N–H and O–H groups in total. The Morgan fingerprint density at radius 2 is 2.19 bits per heavy atom. The normalized spacial score (nSPS) is 24.1. The fourth-order valence-electron chi connectivity index (χ4n) is 3.16. The molecule has 0 bridgehead atoms. The lowest BCUT2D eigenvalue weighted by Crippen LogP contribution is -2.41. The van der Waals surface area contributed by atoms with Gasteiger partial charge in [0.2, 0.25) is 0 Å². The van der Waals surface area contributed by atoms with Crippen LogP contribution in [-0.2, 0) is 4.74 Å². The summed E-state index contributed by atoms with van der Waals surface area (Å²) in [7, 11) is 0. The molecule has 2 fully saturated rings. The average Bonchev–Trinajstić information content (AvgIpc) is 2.84. The first-order chi connectivity index (χ1) is 10.1. The van der Waals surface area contributed by atoms with E-state index in [4.69, 9.17) is 9.47 Å². The maximum absolute atomic E-state index is 11.1. The highest BCUT2D eigenvalue weighted by atomic mass is 16.6. The van der Waals surface area contributed by atoms with E-state index in [0.717, 1.165) is 37.9 Å². The van der Waals surface area contributed by atoms with E-state index in [1.807, 2.05) is 13.0 Å². The second kappa shape index (κ2) is 5.61. The SMILES string of the molecule is Cc1ccc(OC2COC3(CCNCC3)C2)c([N+](=O)[O-])c1. The highest BCUT2D eigenvalue weighted by Gasteiger charge is 2.42. The Morgan fingerprint density at radius 1 is 1.43 bits per heavy atom. The molecule has 1 aromatic rings. The Balaban J connectivity index is 1.72. The number of nitrogens with one attached hydrogen (secondary N) is 1. The van der Waals surface area contributed by atoms with E-state index in [1.165, 1.54) is 0 Å². The van der Waals surface area contributed by atoms with Crippen LogP contribution in [0.2, 0.25) is 0 Å². The number of nitro groups is 1. The molecule has 114 valence electrons. The summed E-state index contributed by atoms with van der Waals surface area (Å²) < 4.78 is 11.8. The van der Waals surface area contributed by atoms with Gasteiger partial charge < -0.3 is 14.8 Å². The van der Waals surface area contributed by atoms with Crippen molar-refractivity contribution in [3.8, 4) is 5.75 Å². The number of piperidine rings is 1. The van der Waals surface area contributed by atoms with Crippen molar-refractivity contribution in [2.24, 2.45) is 0 Å². The summed E-state index contributed by atoms with van der Waals surface area (Å²) in [4.78, 5) is 10.7. The highest BCUT2D eigenvalue weighted by Crippen LogP contribution is 2.37. The second-order valence-electron chi connectivity index (χ2n) is 5.92. The third-order valence-corrected chi connectivity index (χ3v) is 4.29. The summed E-state index contributed by atoms with van der Waals surface area (Å²) in [6.45, 7) is 4.25. The Hall–Kier alpha value is -1.66. The van der Waals surface area contributed by atoms with Gasteiger partial charge in [0.1, 0.15) is 6.10 Å². The predicted octanol–water partition coefficient (Wildman–Crippen LogP) is 2.19. The van der Waals surface area contributed by atoms with E-state index in [1.54, 1.807) is 12.1 Å². The molecule has 21 heavy (non-hydrogen) atoms. The van der Waals surface area contributed by atoms with Crippen LogP contribution < -0.4 is 10.1 Å². The van der Waals surface area contributed by atoms with Gasteiger partial charge in [-0.2, -0.15) is 0 Å². The Bertz CT molecular complexity index is 540. The summed E-state index contributed by atoms with van der Waals surface area (Å²) >= 11 is 0. The molecule has 1 unspecified atom stereocenters. The Morgan fingerprint density at radius 3 is 2.90 bits per heavy atom. The van der Waals surface area contributed by atoms with E-state index in [0.29, 0.717) is 12.4 Å². The van der Waals surface area contributed by atoms with Crippen molar-refractivity contribution < 1.29 is 14.4 Å². The monoisotopic (exact) mass is 292 g/mol. The van der Waals surface area contributed by atoms with Crippen LogP contribution in [0.15, 0.2) is 18.2 Å². The maximum atomic E-state index is 11.1. The number of nitrogens with zero attached hydrogens (tertiary/aromatic N) is 1. The van der Waals surface area contributed by atoms with Crippen LogP contribution in [0.1, 0.15) is 24.8 Å². The minimum atomic E-state index is -0.390. The number of benzene rings is 1. The summed E-state index contributed by atoms with van der Waals surface area (Å²) in [5.41, 5.74) is 0.780. The van der Waals surface area contributed by atoms with Crippen LogP contribution in [0, 0.1) is 17.0 Å². The first-order valence-electron chi connectivity index (χ1n) is 7.34. The Labute approximate surface area is 123 Å². The third-order valence-electron chi connectivity index (χ3n) is 4.29. The average molecular weight is 292 g/mol. The van der Waals surface area contributed by atoms with Gasteiger partial charge in [0, 0.05) is 12.5 Å². The molecule has 0 amide bonds. The molecule has 0 aliphatic carbocycles. The smallest absolute Gasteiger partial charge is 0.311 e. The second-order valence-corrected chi connectivity index (χ2v) is 5.92. The van der Waals surface area contributed by atoms with Crippen LogP contribution in [0.3, 0.4) is 0 Å². The molecule has 6 nitrogen and oxygen atoms in total. The molecular formula is C15H20N2O4. The standard InChI is InChI=1S/C15H20N2O4/c1-11-2-3-14(13(8-11)17(18)19)21-12-9-15(20-10-12)4-6-16-7-5-15/h2-3,8,12,16H,4-7,9-10H2,1H3. The lowest BCUT2D eigenvalue weighted by molar-refractivity contribution is -0.386. The topological polar surface area (TPSA) is 73.6 Å². The molecule has 6 heteroatoms. The highest BCUT2D eigenvalue weighted by molar-refractivity contribution is 5.48. The summed E-state index contributed by atoms with van der Waals surface area (Å²) in [6, 6.07) is 5.06. The molecule has 2 aliphatic heterocycles. The summed E-state index contributed by atoms with van der Waals surface area (Å²) in [5, 5.41) is 14.4. The van der Waals surface area contributed by atoms with Crippen LogP contribution in [0.4, 0.5) is 5.69 Å². The zero-order valence-corrected chi connectivity index (χ0v) is 12.1. The number of hydrogen-bond acceptors (Lipinski definition) is 5. The molecule has 0 aromatic heterocycles. The van der Waals surface area contributed by atoms with Crippen molar-refractivity contribution >= 4 is 5.69 Å². The van der Waals surface area contributed by atoms with E-state index in [9.17, 15) is 10.1 Å². The van der Waals surface area contributed by atoms with Crippen molar-refractivity contribution in [1.82, 2.24) is 5.32 Å². The minimum Gasteiger partial charge on any atom is -0.481 e. The van der Waals surface area contributed by atoms with E-state index in [-0.39, 0.29) is 17.4 Å². The van der Waals surface area contributed by atoms with Crippen LogP contribution in [0.25, 0.3) is 0 Å². The van der Waals surface area contributed by atoms with Crippen molar-refractivity contribution in [1.29, 1.82) is 0 Å². The number of aryl methyl sites for hydroxylation is 1. The van der Waals surface area contributed by atoms with Gasteiger partial charge in [0.15, 0.2) is 5.75 Å². The predicted molar refractivity (Wildman–Crippen MR) is 77.7 cm³/mol. The molecule has 1 aromatic carbocycles. The van der Waals surface area contributed by atoms with Gasteiger partial charge in [-0.15, -0.1) is 0 Å². The van der Waals surface area contributed by atoms with Gasteiger partial charge in [-0.05, 0) is 44.5 Å². The number of hydrogen-bond donors (Lipinski definition) is 1. The first kappa shape index (κ1) is 14.3. The van der Waals surface area contributed by atoms with E-state index < -0.39 is 4.92 Å². The number of rotatable bonds is 3. The summed E-state index contributed by atoms with van der Waals surface area (Å²) in [6.07, 6.45) is 2.65. The summed E-state index contributed by atoms with van der Waals surface area (Å²) in [5.74, 6) is 0.338. The quantitative estimate of drug-likeness (QED) is 0.683. The van der Waals surface area contributed by atoms with Crippen LogP contribution >= 0.6 is 0 Å². The van der Waals surface area contributed by atoms with Crippen molar-refractivity contribution in [3.63, 3.8) is 0 Å². The molecule has 2 aliphatic rings. The molecular weight excluding hydrogens is 272 g/mol. The van der Waals surface area contributed by atoms with Crippen molar-refractivity contribution in [3.05, 3.63) is 33.9 Å². The molecule has 2 saturated heterocycles. The number of ether oxygens (including phenoxy) is 2. The fraction of sp³-hybridized carbons (Fsp3) is 0.600. The van der Waals surface area contributed by atoms with Crippen molar-refractivity contribution in [2.45, 2.75) is 37.9 Å². The lowest BCUT2D eigenvalue weighted by atomic mass is 9.89. The van der Waals surface area contributed by atoms with Gasteiger partial charge in [0.25, 0.3) is 0 Å². The maximum Gasteiger partial charge on any atom is 0.311 e. The third kappa shape index (κ3) is 3.01. The zero-order valence-electron chi connectivity index (χ0n) is 12.1. The van der Waals surface area contributed by atoms with Crippen molar-refractivity contribution in [2.75, 3.05) is 19.7 Å². The van der Waals surface area contributed by atoms with Gasteiger partial charge in [-0.1, -0.05) is 6.07 Å². The fourth-order valence-corrected chi connectivity index (χ4v) is 3.16.